The fraction of sp³-hybridized carbons (Fsp3) is 0.696. The van der Waals surface area contributed by atoms with Gasteiger partial charge in [0.1, 0.15) is 12.5 Å². The fourth-order valence-electron chi connectivity index (χ4n) is 6.33. The summed E-state index contributed by atoms with van der Waals surface area (Å²) < 4.78 is 21.9. The maximum atomic E-state index is 11.7. The van der Waals surface area contributed by atoms with Gasteiger partial charge in [-0.3, -0.25) is 4.79 Å². The van der Waals surface area contributed by atoms with Crippen LogP contribution in [0.5, 0.6) is 5.75 Å². The maximum Gasteiger partial charge on any atom is 0.188 e. The van der Waals surface area contributed by atoms with E-state index in [0.717, 1.165) is 25.5 Å². The van der Waals surface area contributed by atoms with E-state index in [4.69, 9.17) is 18.9 Å². The highest BCUT2D eigenvalue weighted by atomic mass is 16.7. The first kappa shape index (κ1) is 19.9. The molecule has 2 fully saturated rings. The van der Waals surface area contributed by atoms with E-state index in [1.807, 2.05) is 0 Å². The van der Waals surface area contributed by atoms with Gasteiger partial charge in [0.25, 0.3) is 0 Å². The van der Waals surface area contributed by atoms with Gasteiger partial charge in [-0.25, -0.2) is 0 Å². The molecule has 0 amide bonds. The Morgan fingerprint density at radius 1 is 1.11 bits per heavy atom. The van der Waals surface area contributed by atoms with E-state index < -0.39 is 0 Å². The van der Waals surface area contributed by atoms with Crippen LogP contribution >= 0.6 is 0 Å². The molecule has 0 N–H and O–H groups in total. The van der Waals surface area contributed by atoms with E-state index in [9.17, 15) is 4.79 Å². The van der Waals surface area contributed by atoms with Gasteiger partial charge in [-0.2, -0.15) is 0 Å². The number of carbonyl (C=O) groups excluding carboxylic acids is 1. The minimum atomic E-state index is 0.162. The van der Waals surface area contributed by atoms with E-state index >= 15 is 0 Å². The normalized spacial score (nSPS) is 33.7. The molecule has 5 heteroatoms. The molecule has 3 aliphatic rings. The Kier molecular flexibility index (Phi) is 5.77. The first-order chi connectivity index (χ1) is 13.6. The Labute approximate surface area is 167 Å². The number of fused-ring (bicyclic) bond motifs is 5. The molecule has 0 heterocycles. The summed E-state index contributed by atoms with van der Waals surface area (Å²) in [4.78, 5) is 11.7. The van der Waals surface area contributed by atoms with Crippen molar-refractivity contribution in [2.45, 2.75) is 57.5 Å². The molecule has 0 radical (unpaired) electrons. The third-order valence-electron chi connectivity index (χ3n) is 7.61. The van der Waals surface area contributed by atoms with E-state index in [0.29, 0.717) is 42.0 Å². The van der Waals surface area contributed by atoms with Crippen molar-refractivity contribution in [3.8, 4) is 5.75 Å². The quantitative estimate of drug-likeness (QED) is 0.514. The van der Waals surface area contributed by atoms with Crippen LogP contribution in [-0.4, -0.2) is 40.2 Å². The van der Waals surface area contributed by atoms with E-state index in [2.05, 4.69) is 19.1 Å². The first-order valence-corrected chi connectivity index (χ1v) is 10.5. The number of rotatable bonds is 7. The third kappa shape index (κ3) is 3.27. The molecule has 5 atom stereocenters. The lowest BCUT2D eigenvalue weighted by atomic mass is 9.55. The van der Waals surface area contributed by atoms with Crippen molar-refractivity contribution >= 4 is 6.29 Å². The fourth-order valence-corrected chi connectivity index (χ4v) is 6.33. The summed E-state index contributed by atoms with van der Waals surface area (Å²) in [6, 6.07) is 4.15. The van der Waals surface area contributed by atoms with Gasteiger partial charge in [0.05, 0.1) is 11.7 Å². The molecule has 1 aromatic carbocycles. The lowest BCUT2D eigenvalue weighted by Crippen LogP contribution is -2.44. The molecular weight excluding hydrogens is 356 g/mol. The van der Waals surface area contributed by atoms with Crippen molar-refractivity contribution in [2.24, 2.45) is 17.3 Å². The van der Waals surface area contributed by atoms with Crippen LogP contribution < -0.4 is 4.74 Å². The number of hydrogen-bond acceptors (Lipinski definition) is 5. The molecule has 2 saturated carbocycles. The van der Waals surface area contributed by atoms with E-state index in [1.165, 1.54) is 30.4 Å². The molecule has 0 bridgehead atoms. The number of methoxy groups -OCH3 is 2. The smallest absolute Gasteiger partial charge is 0.188 e. The minimum absolute atomic E-state index is 0.162. The van der Waals surface area contributed by atoms with Crippen LogP contribution in [0.15, 0.2) is 12.1 Å². The Morgan fingerprint density at radius 3 is 2.68 bits per heavy atom. The molecule has 3 aliphatic carbocycles. The summed E-state index contributed by atoms with van der Waals surface area (Å²) in [5.41, 5.74) is 3.59. The molecule has 0 aliphatic heterocycles. The summed E-state index contributed by atoms with van der Waals surface area (Å²) >= 11 is 0. The number of aryl methyl sites for hydroxylation is 1. The van der Waals surface area contributed by atoms with Gasteiger partial charge in [0, 0.05) is 14.2 Å². The summed E-state index contributed by atoms with van der Waals surface area (Å²) in [5, 5.41) is 0. The average Bonchev–Trinajstić information content (AvgIpc) is 3.05. The minimum Gasteiger partial charge on any atom is -0.467 e. The highest BCUT2D eigenvalue weighted by Gasteiger charge is 2.55. The summed E-state index contributed by atoms with van der Waals surface area (Å²) in [7, 11) is 3.28. The second kappa shape index (κ2) is 8.13. The van der Waals surface area contributed by atoms with E-state index in [-0.39, 0.29) is 12.2 Å². The monoisotopic (exact) mass is 388 g/mol. The Hall–Kier alpha value is -1.43. The van der Waals surface area contributed by atoms with Crippen molar-refractivity contribution in [2.75, 3.05) is 27.8 Å². The molecule has 0 saturated heterocycles. The van der Waals surface area contributed by atoms with Crippen LogP contribution in [0.25, 0.3) is 0 Å². The van der Waals surface area contributed by atoms with Crippen LogP contribution in [0.4, 0.5) is 0 Å². The topological polar surface area (TPSA) is 54.0 Å². The van der Waals surface area contributed by atoms with Crippen LogP contribution in [0.1, 0.15) is 66.4 Å². The average molecular weight is 389 g/mol. The number of carbonyl (C=O) groups is 1. The van der Waals surface area contributed by atoms with Gasteiger partial charge in [-0.1, -0.05) is 6.92 Å². The van der Waals surface area contributed by atoms with Gasteiger partial charge in [0.15, 0.2) is 13.1 Å². The molecule has 5 unspecified atom stereocenters. The molecular formula is C23H32O5. The van der Waals surface area contributed by atoms with Gasteiger partial charge in [-0.05, 0) is 85.0 Å². The molecule has 5 nitrogen and oxygen atoms in total. The lowest BCUT2D eigenvalue weighted by Gasteiger charge is -2.50. The Morgan fingerprint density at radius 2 is 1.93 bits per heavy atom. The second-order valence-corrected chi connectivity index (χ2v) is 8.86. The zero-order valence-corrected chi connectivity index (χ0v) is 17.2. The van der Waals surface area contributed by atoms with Gasteiger partial charge >= 0.3 is 0 Å². The van der Waals surface area contributed by atoms with Crippen LogP contribution in [0.2, 0.25) is 0 Å². The standard InChI is InChI=1S/C23H32O5/c1-23-9-8-17-18(20(23)6-7-22(23)28-14-26-3)5-4-15-11-21(27-13-25-2)16(12-24)10-19(15)17/h10-12,17-18,20,22H,4-9,13-14H2,1-3H3. The van der Waals surface area contributed by atoms with E-state index in [1.54, 1.807) is 14.2 Å². The van der Waals surface area contributed by atoms with Gasteiger partial charge < -0.3 is 18.9 Å². The predicted molar refractivity (Wildman–Crippen MR) is 106 cm³/mol. The van der Waals surface area contributed by atoms with Crippen LogP contribution in [0.3, 0.4) is 0 Å². The molecule has 0 aromatic heterocycles. The second-order valence-electron chi connectivity index (χ2n) is 8.86. The van der Waals surface area contributed by atoms with Crippen molar-refractivity contribution in [1.29, 1.82) is 0 Å². The number of benzene rings is 1. The van der Waals surface area contributed by atoms with Crippen molar-refractivity contribution in [3.63, 3.8) is 0 Å². The molecule has 1 aromatic rings. The summed E-state index contributed by atoms with van der Waals surface area (Å²) in [6.07, 6.45) is 8.16. The zero-order chi connectivity index (χ0) is 19.7. The maximum absolute atomic E-state index is 11.7. The van der Waals surface area contributed by atoms with Crippen molar-refractivity contribution in [1.82, 2.24) is 0 Å². The largest absolute Gasteiger partial charge is 0.467 e. The Bertz CT molecular complexity index is 717. The summed E-state index contributed by atoms with van der Waals surface area (Å²) in [5.74, 6) is 2.54. The summed E-state index contributed by atoms with van der Waals surface area (Å²) in [6.45, 7) is 2.97. The number of ether oxygens (including phenoxy) is 4. The van der Waals surface area contributed by atoms with Crippen LogP contribution in [-0.2, 0) is 20.6 Å². The van der Waals surface area contributed by atoms with Crippen molar-refractivity contribution in [3.05, 3.63) is 28.8 Å². The highest BCUT2D eigenvalue weighted by molar-refractivity contribution is 5.80. The molecule has 0 spiro atoms. The van der Waals surface area contributed by atoms with Crippen molar-refractivity contribution < 1.29 is 23.7 Å². The van der Waals surface area contributed by atoms with Crippen LogP contribution in [0, 0.1) is 17.3 Å². The SMILES string of the molecule is COCOc1cc2c(cc1C=O)C1CCC3(C)C(OCOC)CCC3C1CC2. The third-order valence-corrected chi connectivity index (χ3v) is 7.61. The molecule has 4 rings (SSSR count). The predicted octanol–water partition coefficient (Wildman–Crippen LogP) is 4.33. The first-order valence-electron chi connectivity index (χ1n) is 10.5. The van der Waals surface area contributed by atoms with Gasteiger partial charge in [-0.15, -0.1) is 0 Å². The highest BCUT2D eigenvalue weighted by Crippen LogP contribution is 2.61. The lowest BCUT2D eigenvalue weighted by molar-refractivity contribution is -0.125. The number of hydrogen-bond donors (Lipinski definition) is 0. The zero-order valence-electron chi connectivity index (χ0n) is 17.2. The Balaban J connectivity index is 1.60. The number of aldehydes is 1. The molecule has 154 valence electrons. The van der Waals surface area contributed by atoms with Gasteiger partial charge in [0.2, 0.25) is 0 Å². The molecule has 28 heavy (non-hydrogen) atoms.